The molecular formula is C12H15ClN2O2. The number of hydrogen-bond donors (Lipinski definition) is 2. The number of hydrogen-bond acceptors (Lipinski definition) is 3. The molecule has 0 radical (unpaired) electrons. The lowest BCUT2D eigenvalue weighted by Crippen LogP contribution is -2.21. The number of β-amino-alcohol motifs (C(OH)–C–C–N with tert-alkyl or cyclic N) is 1. The number of aliphatic hydroxyl groups excluding tert-OH is 1. The van der Waals surface area contributed by atoms with E-state index in [1.165, 1.54) is 0 Å². The lowest BCUT2D eigenvalue weighted by atomic mass is 10.2. The van der Waals surface area contributed by atoms with Gasteiger partial charge in [0.1, 0.15) is 5.88 Å². The van der Waals surface area contributed by atoms with Crippen molar-refractivity contribution >= 4 is 28.9 Å². The number of nitrogens with zero attached hydrogens (tertiary/aromatic N) is 1. The summed E-state index contributed by atoms with van der Waals surface area (Å²) in [6.45, 7) is 1.54. The van der Waals surface area contributed by atoms with E-state index in [0.29, 0.717) is 6.54 Å². The molecule has 4 nitrogen and oxygen atoms in total. The van der Waals surface area contributed by atoms with Crippen LogP contribution in [0.1, 0.15) is 6.42 Å². The molecule has 1 fully saturated rings. The highest BCUT2D eigenvalue weighted by atomic mass is 35.5. The van der Waals surface area contributed by atoms with Gasteiger partial charge in [-0.1, -0.05) is 0 Å². The van der Waals surface area contributed by atoms with E-state index in [0.717, 1.165) is 24.3 Å². The average Bonchev–Trinajstić information content (AvgIpc) is 2.77. The molecule has 92 valence electrons. The summed E-state index contributed by atoms with van der Waals surface area (Å²) >= 11 is 5.40. The van der Waals surface area contributed by atoms with E-state index in [1.807, 2.05) is 24.3 Å². The van der Waals surface area contributed by atoms with E-state index in [2.05, 4.69) is 10.2 Å². The number of halogens is 1. The van der Waals surface area contributed by atoms with Crippen LogP contribution in [0.25, 0.3) is 0 Å². The van der Waals surface area contributed by atoms with Crippen LogP contribution in [0.2, 0.25) is 0 Å². The van der Waals surface area contributed by atoms with Crippen LogP contribution in [-0.2, 0) is 4.79 Å². The van der Waals surface area contributed by atoms with Gasteiger partial charge in [0.2, 0.25) is 5.91 Å². The summed E-state index contributed by atoms with van der Waals surface area (Å²) in [5.74, 6) is -0.254. The first kappa shape index (κ1) is 12.2. The SMILES string of the molecule is O=C(CCl)Nc1ccc(N2CC[C@H](O)C2)cc1. The number of benzene rings is 1. The predicted molar refractivity (Wildman–Crippen MR) is 68.6 cm³/mol. The number of rotatable bonds is 3. The minimum atomic E-state index is -0.231. The molecule has 1 aliphatic rings. The highest BCUT2D eigenvalue weighted by Gasteiger charge is 2.20. The number of anilines is 2. The van der Waals surface area contributed by atoms with Gasteiger partial charge in [0, 0.05) is 24.5 Å². The van der Waals surface area contributed by atoms with Crippen molar-refractivity contribution in [1.29, 1.82) is 0 Å². The minimum Gasteiger partial charge on any atom is -0.391 e. The van der Waals surface area contributed by atoms with Crippen LogP contribution >= 0.6 is 11.6 Å². The van der Waals surface area contributed by atoms with Gasteiger partial charge < -0.3 is 15.3 Å². The second-order valence-electron chi connectivity index (χ2n) is 4.12. The molecule has 0 aromatic heterocycles. The van der Waals surface area contributed by atoms with E-state index in [9.17, 15) is 9.90 Å². The van der Waals surface area contributed by atoms with Gasteiger partial charge in [-0.15, -0.1) is 11.6 Å². The number of carbonyl (C=O) groups excluding carboxylic acids is 1. The van der Waals surface area contributed by atoms with Crippen molar-refractivity contribution in [2.24, 2.45) is 0 Å². The Morgan fingerprint density at radius 3 is 2.71 bits per heavy atom. The van der Waals surface area contributed by atoms with Gasteiger partial charge in [0.15, 0.2) is 0 Å². The van der Waals surface area contributed by atoms with Gasteiger partial charge in [-0.2, -0.15) is 0 Å². The number of aliphatic hydroxyl groups is 1. The molecule has 1 heterocycles. The molecule has 2 N–H and O–H groups in total. The fourth-order valence-corrected chi connectivity index (χ4v) is 1.99. The highest BCUT2D eigenvalue weighted by molar-refractivity contribution is 6.29. The summed E-state index contributed by atoms with van der Waals surface area (Å²) in [5, 5.41) is 12.1. The summed E-state index contributed by atoms with van der Waals surface area (Å²) in [7, 11) is 0. The van der Waals surface area contributed by atoms with Gasteiger partial charge in [-0.05, 0) is 30.7 Å². The molecule has 1 saturated heterocycles. The zero-order chi connectivity index (χ0) is 12.3. The van der Waals surface area contributed by atoms with Gasteiger partial charge in [0.25, 0.3) is 0 Å². The van der Waals surface area contributed by atoms with Crippen LogP contribution in [0.15, 0.2) is 24.3 Å². The molecule has 0 spiro atoms. The second-order valence-corrected chi connectivity index (χ2v) is 4.38. The number of nitrogens with one attached hydrogen (secondary N) is 1. The maximum atomic E-state index is 11.1. The minimum absolute atomic E-state index is 0.0416. The topological polar surface area (TPSA) is 52.6 Å². The highest BCUT2D eigenvalue weighted by Crippen LogP contribution is 2.22. The molecule has 1 aromatic rings. The Kier molecular flexibility index (Phi) is 3.86. The van der Waals surface area contributed by atoms with Crippen molar-refractivity contribution in [3.05, 3.63) is 24.3 Å². The number of amides is 1. The smallest absolute Gasteiger partial charge is 0.239 e. The van der Waals surface area contributed by atoms with Crippen LogP contribution in [-0.4, -0.2) is 36.1 Å². The van der Waals surface area contributed by atoms with Crippen LogP contribution in [0, 0.1) is 0 Å². The van der Waals surface area contributed by atoms with Crippen molar-refractivity contribution in [1.82, 2.24) is 0 Å². The number of carbonyl (C=O) groups is 1. The van der Waals surface area contributed by atoms with Crippen LogP contribution in [0.5, 0.6) is 0 Å². The Morgan fingerprint density at radius 2 is 2.18 bits per heavy atom. The molecule has 1 aliphatic heterocycles. The van der Waals surface area contributed by atoms with Crippen LogP contribution in [0.4, 0.5) is 11.4 Å². The average molecular weight is 255 g/mol. The summed E-state index contributed by atoms with van der Waals surface area (Å²) < 4.78 is 0. The molecule has 0 aliphatic carbocycles. The zero-order valence-electron chi connectivity index (χ0n) is 9.40. The normalized spacial score (nSPS) is 19.4. The van der Waals surface area contributed by atoms with Crippen molar-refractivity contribution in [2.45, 2.75) is 12.5 Å². The first-order chi connectivity index (χ1) is 8.19. The quantitative estimate of drug-likeness (QED) is 0.803. The van der Waals surface area contributed by atoms with E-state index in [-0.39, 0.29) is 17.9 Å². The fraction of sp³-hybridized carbons (Fsp3) is 0.417. The van der Waals surface area contributed by atoms with Crippen molar-refractivity contribution in [3.63, 3.8) is 0 Å². The van der Waals surface area contributed by atoms with Crippen LogP contribution in [0.3, 0.4) is 0 Å². The molecule has 2 rings (SSSR count). The third kappa shape index (κ3) is 3.11. The molecule has 17 heavy (non-hydrogen) atoms. The molecule has 1 aromatic carbocycles. The van der Waals surface area contributed by atoms with E-state index in [1.54, 1.807) is 0 Å². The van der Waals surface area contributed by atoms with Crippen LogP contribution < -0.4 is 10.2 Å². The Hall–Kier alpha value is -1.26. The summed E-state index contributed by atoms with van der Waals surface area (Å²) in [5.41, 5.74) is 1.80. The molecular weight excluding hydrogens is 240 g/mol. The summed E-state index contributed by atoms with van der Waals surface area (Å²) in [4.78, 5) is 13.2. The zero-order valence-corrected chi connectivity index (χ0v) is 10.2. The number of alkyl halides is 1. The summed E-state index contributed by atoms with van der Waals surface area (Å²) in [6, 6.07) is 7.54. The molecule has 0 saturated carbocycles. The van der Waals surface area contributed by atoms with E-state index < -0.39 is 0 Å². The standard InChI is InChI=1S/C12H15ClN2O2/c13-7-12(17)14-9-1-3-10(4-2-9)15-6-5-11(16)8-15/h1-4,11,16H,5-8H2,(H,14,17)/t11-/m0/s1. The van der Waals surface area contributed by atoms with E-state index >= 15 is 0 Å². The van der Waals surface area contributed by atoms with Crippen molar-refractivity contribution in [2.75, 3.05) is 29.2 Å². The molecule has 0 unspecified atom stereocenters. The Bertz CT molecular complexity index is 394. The molecule has 1 amide bonds. The maximum absolute atomic E-state index is 11.1. The summed E-state index contributed by atoms with van der Waals surface area (Å²) in [6.07, 6.45) is 0.579. The van der Waals surface area contributed by atoms with Gasteiger partial charge in [-0.3, -0.25) is 4.79 Å². The third-order valence-electron chi connectivity index (χ3n) is 2.80. The largest absolute Gasteiger partial charge is 0.391 e. The Balaban J connectivity index is 2.00. The monoisotopic (exact) mass is 254 g/mol. The first-order valence-corrected chi connectivity index (χ1v) is 6.11. The van der Waals surface area contributed by atoms with Gasteiger partial charge >= 0.3 is 0 Å². The maximum Gasteiger partial charge on any atom is 0.239 e. The first-order valence-electron chi connectivity index (χ1n) is 5.58. The Labute approximate surface area is 105 Å². The van der Waals surface area contributed by atoms with E-state index in [4.69, 9.17) is 11.6 Å². The molecule has 1 atom stereocenters. The van der Waals surface area contributed by atoms with Gasteiger partial charge in [-0.25, -0.2) is 0 Å². The predicted octanol–water partition coefficient (Wildman–Crippen LogP) is 1.43. The molecule has 5 heteroatoms. The Morgan fingerprint density at radius 1 is 1.47 bits per heavy atom. The third-order valence-corrected chi connectivity index (χ3v) is 3.04. The second kappa shape index (κ2) is 5.38. The molecule has 0 bridgehead atoms. The fourth-order valence-electron chi connectivity index (χ4n) is 1.93. The van der Waals surface area contributed by atoms with Gasteiger partial charge in [0.05, 0.1) is 6.10 Å². The lowest BCUT2D eigenvalue weighted by molar-refractivity contribution is -0.113. The lowest BCUT2D eigenvalue weighted by Gasteiger charge is -2.18. The van der Waals surface area contributed by atoms with Crippen molar-refractivity contribution in [3.8, 4) is 0 Å². The van der Waals surface area contributed by atoms with Crippen molar-refractivity contribution < 1.29 is 9.90 Å².